The molecule has 2 aromatic rings. The van der Waals surface area contributed by atoms with E-state index in [2.05, 4.69) is 54.0 Å². The average Bonchev–Trinajstić information content (AvgIpc) is 2.55. The molecule has 2 aromatic carbocycles. The fourth-order valence-electron chi connectivity index (χ4n) is 2.33. The average molecular weight is 301 g/mol. The Bertz CT molecular complexity index is 513. The molecule has 2 rings (SSSR count). The Morgan fingerprint density at radius 1 is 1.00 bits per heavy atom. The maximum absolute atomic E-state index is 9.05. The standard InChI is InChI=1S/C18H23NOS/c1-21-14-18(17-5-3-2-4-6-17)19-12-11-15-7-9-16(13-20)10-8-15/h2-10,18-20H,11-14H2,1H3. The van der Waals surface area contributed by atoms with Gasteiger partial charge in [-0.2, -0.15) is 11.8 Å². The van der Waals surface area contributed by atoms with E-state index in [4.69, 9.17) is 5.11 Å². The largest absolute Gasteiger partial charge is 0.392 e. The molecule has 21 heavy (non-hydrogen) atoms. The highest BCUT2D eigenvalue weighted by atomic mass is 32.2. The van der Waals surface area contributed by atoms with E-state index in [1.165, 1.54) is 11.1 Å². The number of rotatable bonds is 8. The Balaban J connectivity index is 1.87. The van der Waals surface area contributed by atoms with E-state index in [0.717, 1.165) is 24.3 Å². The molecule has 0 aromatic heterocycles. The highest BCUT2D eigenvalue weighted by Crippen LogP contribution is 2.16. The third-order valence-corrected chi connectivity index (χ3v) is 4.21. The summed E-state index contributed by atoms with van der Waals surface area (Å²) in [7, 11) is 0. The molecule has 2 nitrogen and oxygen atoms in total. The second-order valence-electron chi connectivity index (χ2n) is 5.10. The van der Waals surface area contributed by atoms with Crippen molar-refractivity contribution in [3.63, 3.8) is 0 Å². The molecule has 0 saturated carbocycles. The first-order valence-electron chi connectivity index (χ1n) is 7.29. The van der Waals surface area contributed by atoms with Gasteiger partial charge in [-0.05, 0) is 35.9 Å². The van der Waals surface area contributed by atoms with Crippen LogP contribution in [0.25, 0.3) is 0 Å². The Kier molecular flexibility index (Phi) is 6.80. The Morgan fingerprint density at radius 2 is 1.67 bits per heavy atom. The molecule has 0 fully saturated rings. The van der Waals surface area contributed by atoms with Gasteiger partial charge >= 0.3 is 0 Å². The minimum atomic E-state index is 0.113. The fraction of sp³-hybridized carbons (Fsp3) is 0.333. The van der Waals surface area contributed by atoms with Gasteiger partial charge in [-0.25, -0.2) is 0 Å². The highest BCUT2D eigenvalue weighted by Gasteiger charge is 2.09. The van der Waals surface area contributed by atoms with E-state index in [-0.39, 0.29) is 6.61 Å². The molecule has 0 saturated heterocycles. The van der Waals surface area contributed by atoms with Gasteiger partial charge in [0.15, 0.2) is 0 Å². The summed E-state index contributed by atoms with van der Waals surface area (Å²) in [6.07, 6.45) is 3.15. The zero-order valence-electron chi connectivity index (χ0n) is 12.5. The van der Waals surface area contributed by atoms with E-state index < -0.39 is 0 Å². The summed E-state index contributed by atoms with van der Waals surface area (Å²) in [6.45, 7) is 1.07. The van der Waals surface area contributed by atoms with Crippen molar-refractivity contribution < 1.29 is 5.11 Å². The van der Waals surface area contributed by atoms with Crippen LogP contribution in [0.3, 0.4) is 0 Å². The summed E-state index contributed by atoms with van der Waals surface area (Å²) in [5.41, 5.74) is 3.62. The Morgan fingerprint density at radius 3 is 2.29 bits per heavy atom. The molecular formula is C18H23NOS. The second-order valence-corrected chi connectivity index (χ2v) is 6.01. The first-order chi connectivity index (χ1) is 10.3. The maximum Gasteiger partial charge on any atom is 0.0681 e. The zero-order valence-corrected chi connectivity index (χ0v) is 13.3. The van der Waals surface area contributed by atoms with Gasteiger partial charge in [-0.1, -0.05) is 54.6 Å². The van der Waals surface area contributed by atoms with Crippen LogP contribution in [-0.2, 0) is 13.0 Å². The van der Waals surface area contributed by atoms with Crippen LogP contribution in [-0.4, -0.2) is 23.7 Å². The van der Waals surface area contributed by atoms with Gasteiger partial charge in [-0.15, -0.1) is 0 Å². The van der Waals surface area contributed by atoms with Crippen LogP contribution in [0.15, 0.2) is 54.6 Å². The first kappa shape index (κ1) is 16.1. The van der Waals surface area contributed by atoms with Gasteiger partial charge in [0.25, 0.3) is 0 Å². The number of aliphatic hydroxyl groups is 1. The molecule has 3 heteroatoms. The van der Waals surface area contributed by atoms with Crippen molar-refractivity contribution in [2.75, 3.05) is 18.6 Å². The van der Waals surface area contributed by atoms with Crippen molar-refractivity contribution in [1.29, 1.82) is 0 Å². The molecule has 0 aliphatic rings. The maximum atomic E-state index is 9.05. The molecule has 0 bridgehead atoms. The monoisotopic (exact) mass is 301 g/mol. The number of nitrogens with one attached hydrogen (secondary N) is 1. The summed E-state index contributed by atoms with van der Waals surface area (Å²) in [5, 5.41) is 12.7. The third kappa shape index (κ3) is 5.20. The number of hydrogen-bond acceptors (Lipinski definition) is 3. The highest BCUT2D eigenvalue weighted by molar-refractivity contribution is 7.98. The van der Waals surface area contributed by atoms with Gasteiger partial charge in [0.05, 0.1) is 6.61 Å². The van der Waals surface area contributed by atoms with E-state index in [9.17, 15) is 0 Å². The van der Waals surface area contributed by atoms with Crippen LogP contribution >= 0.6 is 11.8 Å². The summed E-state index contributed by atoms with van der Waals surface area (Å²) >= 11 is 1.87. The Hall–Kier alpha value is -1.29. The molecular weight excluding hydrogens is 278 g/mol. The van der Waals surface area contributed by atoms with E-state index in [1.54, 1.807) is 0 Å². The minimum Gasteiger partial charge on any atom is -0.392 e. The van der Waals surface area contributed by atoms with Gasteiger partial charge < -0.3 is 10.4 Å². The smallest absolute Gasteiger partial charge is 0.0681 e. The van der Waals surface area contributed by atoms with Crippen molar-refractivity contribution >= 4 is 11.8 Å². The van der Waals surface area contributed by atoms with Gasteiger partial charge in [0.1, 0.15) is 0 Å². The van der Waals surface area contributed by atoms with Gasteiger partial charge in [0, 0.05) is 11.8 Å². The van der Waals surface area contributed by atoms with Crippen molar-refractivity contribution in [2.24, 2.45) is 0 Å². The van der Waals surface area contributed by atoms with E-state index in [1.807, 2.05) is 23.9 Å². The molecule has 0 aliphatic carbocycles. The predicted molar refractivity (Wildman–Crippen MR) is 91.6 cm³/mol. The van der Waals surface area contributed by atoms with Crippen molar-refractivity contribution in [3.05, 3.63) is 71.3 Å². The van der Waals surface area contributed by atoms with Gasteiger partial charge in [0.2, 0.25) is 0 Å². The molecule has 1 atom stereocenters. The molecule has 112 valence electrons. The zero-order chi connectivity index (χ0) is 14.9. The van der Waals surface area contributed by atoms with Crippen molar-refractivity contribution in [1.82, 2.24) is 5.32 Å². The Labute approximate surface area is 131 Å². The van der Waals surface area contributed by atoms with E-state index >= 15 is 0 Å². The molecule has 0 amide bonds. The van der Waals surface area contributed by atoms with Crippen molar-refractivity contribution in [3.8, 4) is 0 Å². The molecule has 0 radical (unpaired) electrons. The number of hydrogen-bond donors (Lipinski definition) is 2. The first-order valence-corrected chi connectivity index (χ1v) is 8.69. The summed E-state index contributed by atoms with van der Waals surface area (Å²) in [4.78, 5) is 0. The lowest BCUT2D eigenvalue weighted by molar-refractivity contribution is 0.282. The van der Waals surface area contributed by atoms with E-state index in [0.29, 0.717) is 6.04 Å². The third-order valence-electron chi connectivity index (χ3n) is 3.55. The van der Waals surface area contributed by atoms with Crippen LogP contribution in [0, 0.1) is 0 Å². The number of benzene rings is 2. The second kappa shape index (κ2) is 8.88. The normalized spacial score (nSPS) is 12.3. The minimum absolute atomic E-state index is 0.113. The van der Waals surface area contributed by atoms with Crippen LogP contribution in [0.1, 0.15) is 22.7 Å². The summed E-state index contributed by atoms with van der Waals surface area (Å²) in [5.74, 6) is 1.08. The molecule has 0 heterocycles. The van der Waals surface area contributed by atoms with Gasteiger partial charge in [-0.3, -0.25) is 0 Å². The lowest BCUT2D eigenvalue weighted by Gasteiger charge is -2.18. The van der Waals surface area contributed by atoms with Crippen LogP contribution in [0.4, 0.5) is 0 Å². The molecule has 1 unspecified atom stereocenters. The van der Waals surface area contributed by atoms with Crippen LogP contribution in [0.5, 0.6) is 0 Å². The van der Waals surface area contributed by atoms with Crippen LogP contribution in [0.2, 0.25) is 0 Å². The van der Waals surface area contributed by atoms with Crippen LogP contribution < -0.4 is 5.32 Å². The SMILES string of the molecule is CSCC(NCCc1ccc(CO)cc1)c1ccccc1. The molecule has 0 aliphatic heterocycles. The lowest BCUT2D eigenvalue weighted by atomic mass is 10.1. The summed E-state index contributed by atoms with van der Waals surface area (Å²) in [6, 6.07) is 19.2. The predicted octanol–water partition coefficient (Wildman–Crippen LogP) is 3.42. The molecule has 0 spiro atoms. The van der Waals surface area contributed by atoms with Crippen molar-refractivity contribution in [2.45, 2.75) is 19.1 Å². The summed E-state index contributed by atoms with van der Waals surface area (Å²) < 4.78 is 0. The quantitative estimate of drug-likeness (QED) is 0.783. The number of thioether (sulfide) groups is 1. The number of aliphatic hydroxyl groups excluding tert-OH is 1. The molecule has 2 N–H and O–H groups in total. The topological polar surface area (TPSA) is 32.3 Å². The fourth-order valence-corrected chi connectivity index (χ4v) is 2.97. The lowest BCUT2D eigenvalue weighted by Crippen LogP contribution is -2.25.